The van der Waals surface area contributed by atoms with Gasteiger partial charge in [-0.1, -0.05) is 17.7 Å². The molecule has 0 saturated heterocycles. The van der Waals surface area contributed by atoms with Crippen molar-refractivity contribution in [1.82, 2.24) is 4.98 Å². The lowest BCUT2D eigenvalue weighted by atomic mass is 9.98. The van der Waals surface area contributed by atoms with Crippen molar-refractivity contribution in [3.63, 3.8) is 0 Å². The van der Waals surface area contributed by atoms with E-state index in [1.807, 2.05) is 26.0 Å². The number of aromatic nitrogens is 1. The Kier molecular flexibility index (Phi) is 2.81. The summed E-state index contributed by atoms with van der Waals surface area (Å²) < 4.78 is 40.6. The van der Waals surface area contributed by atoms with E-state index in [0.717, 1.165) is 16.7 Å². The quantitative estimate of drug-likeness (QED) is 0.560. The standard InChI is InChI=1S/C14H10F3N3/c1-6-3-7(2)11-8(4-6)5-9-12(20-19-11)10(15)14(17)18-13(9)16/h3-4H,5H2,1-2H3. The van der Waals surface area contributed by atoms with E-state index in [2.05, 4.69) is 15.2 Å². The molecule has 0 bridgehead atoms. The third-order valence-corrected chi connectivity index (χ3v) is 3.26. The van der Waals surface area contributed by atoms with Crippen molar-refractivity contribution in [2.24, 2.45) is 10.2 Å². The average Bonchev–Trinajstić information content (AvgIpc) is 2.56. The van der Waals surface area contributed by atoms with Crippen LogP contribution in [0.2, 0.25) is 0 Å². The number of rotatable bonds is 0. The number of fused-ring (bicyclic) bond motifs is 2. The molecule has 0 N–H and O–H groups in total. The fourth-order valence-corrected chi connectivity index (χ4v) is 2.41. The lowest BCUT2D eigenvalue weighted by Crippen LogP contribution is -2.02. The van der Waals surface area contributed by atoms with E-state index in [1.54, 1.807) is 0 Å². The van der Waals surface area contributed by atoms with Crippen LogP contribution in [-0.2, 0) is 6.42 Å². The van der Waals surface area contributed by atoms with Gasteiger partial charge in [-0.25, -0.2) is 0 Å². The van der Waals surface area contributed by atoms with Crippen LogP contribution in [0.25, 0.3) is 0 Å². The number of nitrogens with zero attached hydrogens (tertiary/aromatic N) is 3. The SMILES string of the molecule is Cc1cc(C)c2c(c1)Cc1c(F)nc(F)c(F)c1N=N2. The van der Waals surface area contributed by atoms with Crippen LogP contribution < -0.4 is 0 Å². The van der Waals surface area contributed by atoms with Crippen molar-refractivity contribution in [2.75, 3.05) is 0 Å². The molecular formula is C14H10F3N3. The third-order valence-electron chi connectivity index (χ3n) is 3.26. The highest BCUT2D eigenvalue weighted by Crippen LogP contribution is 2.37. The van der Waals surface area contributed by atoms with Crippen LogP contribution in [0.1, 0.15) is 22.3 Å². The number of benzene rings is 1. The van der Waals surface area contributed by atoms with Crippen LogP contribution in [-0.4, -0.2) is 4.98 Å². The molecule has 0 amide bonds. The Bertz CT molecular complexity index is 754. The summed E-state index contributed by atoms with van der Waals surface area (Å²) in [5.41, 5.74) is 2.63. The molecule has 0 unspecified atom stereocenters. The molecule has 0 fully saturated rings. The molecule has 102 valence electrons. The Labute approximate surface area is 113 Å². The lowest BCUT2D eigenvalue weighted by molar-refractivity contribution is 0.444. The molecule has 1 aromatic heterocycles. The van der Waals surface area contributed by atoms with Crippen LogP contribution in [0.4, 0.5) is 24.5 Å². The normalized spacial score (nSPS) is 12.8. The largest absolute Gasteiger partial charge is 0.253 e. The molecule has 1 aliphatic heterocycles. The summed E-state index contributed by atoms with van der Waals surface area (Å²) in [6.45, 7) is 3.74. The van der Waals surface area contributed by atoms with Gasteiger partial charge >= 0.3 is 0 Å². The van der Waals surface area contributed by atoms with Crippen LogP contribution in [0.5, 0.6) is 0 Å². The van der Waals surface area contributed by atoms with Gasteiger partial charge in [0.1, 0.15) is 5.69 Å². The second kappa shape index (κ2) is 4.40. The van der Waals surface area contributed by atoms with Gasteiger partial charge in [0.2, 0.25) is 11.8 Å². The Morgan fingerprint density at radius 1 is 0.950 bits per heavy atom. The van der Waals surface area contributed by atoms with Gasteiger partial charge in [-0.15, -0.1) is 10.2 Å². The number of pyridine rings is 1. The second-order valence-electron chi connectivity index (χ2n) is 4.80. The van der Waals surface area contributed by atoms with Gasteiger partial charge < -0.3 is 0 Å². The molecular weight excluding hydrogens is 267 g/mol. The predicted octanol–water partition coefficient (Wildman–Crippen LogP) is 4.44. The monoisotopic (exact) mass is 277 g/mol. The first-order chi connectivity index (χ1) is 9.47. The topological polar surface area (TPSA) is 37.6 Å². The summed E-state index contributed by atoms with van der Waals surface area (Å²) >= 11 is 0. The molecule has 0 saturated carbocycles. The molecule has 0 atom stereocenters. The second-order valence-corrected chi connectivity index (χ2v) is 4.80. The summed E-state index contributed by atoms with van der Waals surface area (Å²) in [7, 11) is 0. The van der Waals surface area contributed by atoms with Crippen LogP contribution in [0.3, 0.4) is 0 Å². The fraction of sp³-hybridized carbons (Fsp3) is 0.214. The molecule has 3 nitrogen and oxygen atoms in total. The van der Waals surface area contributed by atoms with E-state index in [9.17, 15) is 13.2 Å². The Balaban J connectivity index is 2.28. The maximum atomic E-state index is 13.8. The maximum absolute atomic E-state index is 13.8. The summed E-state index contributed by atoms with van der Waals surface area (Å²) in [6.07, 6.45) is 0.0796. The minimum absolute atomic E-state index is 0.0728. The van der Waals surface area contributed by atoms with Crippen molar-refractivity contribution in [2.45, 2.75) is 20.3 Å². The highest BCUT2D eigenvalue weighted by Gasteiger charge is 2.24. The summed E-state index contributed by atoms with van der Waals surface area (Å²) in [5.74, 6) is -3.82. The van der Waals surface area contributed by atoms with Gasteiger partial charge in [-0.2, -0.15) is 18.2 Å². The minimum atomic E-state index is -1.50. The molecule has 3 rings (SSSR count). The van der Waals surface area contributed by atoms with Gasteiger partial charge in [0.25, 0.3) is 5.95 Å². The van der Waals surface area contributed by atoms with E-state index in [0.29, 0.717) is 5.69 Å². The van der Waals surface area contributed by atoms with Gasteiger partial charge in [-0.05, 0) is 25.0 Å². The summed E-state index contributed by atoms with van der Waals surface area (Å²) in [5, 5.41) is 7.61. The zero-order valence-corrected chi connectivity index (χ0v) is 10.8. The third kappa shape index (κ3) is 1.88. The lowest BCUT2D eigenvalue weighted by Gasteiger charge is -2.08. The first-order valence-electron chi connectivity index (χ1n) is 6.02. The molecule has 2 heterocycles. The molecule has 0 spiro atoms. The Hall–Kier alpha value is -2.24. The highest BCUT2D eigenvalue weighted by atomic mass is 19.2. The van der Waals surface area contributed by atoms with E-state index < -0.39 is 23.4 Å². The van der Waals surface area contributed by atoms with E-state index in [1.165, 1.54) is 0 Å². The van der Waals surface area contributed by atoms with Crippen molar-refractivity contribution in [3.05, 3.63) is 52.1 Å². The molecule has 2 aromatic rings. The smallest absolute Gasteiger partial charge is 0.199 e. The molecule has 6 heteroatoms. The molecule has 1 aliphatic rings. The van der Waals surface area contributed by atoms with Crippen molar-refractivity contribution in [3.8, 4) is 0 Å². The minimum Gasteiger partial charge on any atom is -0.199 e. The van der Waals surface area contributed by atoms with Gasteiger partial charge in [-0.3, -0.25) is 0 Å². The summed E-state index contributed by atoms with van der Waals surface area (Å²) in [6, 6.07) is 3.73. The van der Waals surface area contributed by atoms with Gasteiger partial charge in [0.05, 0.1) is 5.69 Å². The van der Waals surface area contributed by atoms with Crippen molar-refractivity contribution >= 4 is 11.4 Å². The van der Waals surface area contributed by atoms with E-state index >= 15 is 0 Å². The van der Waals surface area contributed by atoms with Crippen LogP contribution in [0.15, 0.2) is 22.4 Å². The van der Waals surface area contributed by atoms with Crippen LogP contribution >= 0.6 is 0 Å². The Morgan fingerprint density at radius 3 is 2.40 bits per heavy atom. The predicted molar refractivity (Wildman–Crippen MR) is 67.0 cm³/mol. The number of halogens is 3. The molecule has 0 radical (unpaired) electrons. The maximum Gasteiger partial charge on any atom is 0.253 e. The van der Waals surface area contributed by atoms with Gasteiger partial charge in [0.15, 0.2) is 0 Å². The van der Waals surface area contributed by atoms with Gasteiger partial charge in [0, 0.05) is 12.0 Å². The average molecular weight is 277 g/mol. The summed E-state index contributed by atoms with van der Waals surface area (Å²) in [4.78, 5) is 2.94. The first-order valence-corrected chi connectivity index (χ1v) is 6.02. The number of hydrogen-bond acceptors (Lipinski definition) is 3. The molecule has 20 heavy (non-hydrogen) atoms. The zero-order valence-electron chi connectivity index (χ0n) is 10.8. The van der Waals surface area contributed by atoms with E-state index in [4.69, 9.17) is 0 Å². The van der Waals surface area contributed by atoms with Crippen LogP contribution in [0, 0.1) is 31.6 Å². The number of aryl methyl sites for hydroxylation is 2. The number of azo groups is 1. The van der Waals surface area contributed by atoms with E-state index in [-0.39, 0.29) is 12.0 Å². The Morgan fingerprint density at radius 2 is 1.65 bits per heavy atom. The van der Waals surface area contributed by atoms with Crippen molar-refractivity contribution < 1.29 is 13.2 Å². The molecule has 0 aliphatic carbocycles. The first kappa shape index (κ1) is 12.8. The highest BCUT2D eigenvalue weighted by molar-refractivity contribution is 5.60. The zero-order chi connectivity index (χ0) is 14.4. The van der Waals surface area contributed by atoms with Crippen molar-refractivity contribution in [1.29, 1.82) is 0 Å². The molecule has 1 aromatic carbocycles. The number of hydrogen-bond donors (Lipinski definition) is 0. The fourth-order valence-electron chi connectivity index (χ4n) is 2.41.